The maximum Gasteiger partial charge on any atom is 0.271 e. The zero-order chi connectivity index (χ0) is 19.9. The molecule has 0 aliphatic carbocycles. The number of hydrogen-bond acceptors (Lipinski definition) is 3. The van der Waals surface area contributed by atoms with Crippen molar-refractivity contribution in [2.45, 2.75) is 6.92 Å². The van der Waals surface area contributed by atoms with E-state index >= 15 is 0 Å². The van der Waals surface area contributed by atoms with Gasteiger partial charge < -0.3 is 5.32 Å². The Hall–Kier alpha value is -3.44. The quantitative estimate of drug-likeness (QED) is 0.487. The summed E-state index contributed by atoms with van der Waals surface area (Å²) in [5.74, 6) is -0.544. The fourth-order valence-corrected chi connectivity index (χ4v) is 2.70. The van der Waals surface area contributed by atoms with Gasteiger partial charge >= 0.3 is 0 Å². The standard InChI is InChI=1S/C22H18ClN3O2/c1-15(25-26-22(28)16-7-3-2-4-8-16)17-9-6-12-20(14-17)24-21(27)18-10-5-11-19(23)13-18/h2-14H,1H3,(H,24,27)(H,26,28)/b25-15-. The number of amides is 2. The Morgan fingerprint density at radius 3 is 2.21 bits per heavy atom. The van der Waals surface area contributed by atoms with E-state index in [2.05, 4.69) is 15.8 Å². The first-order valence-corrected chi connectivity index (χ1v) is 8.98. The van der Waals surface area contributed by atoms with Gasteiger partial charge in [-0.05, 0) is 55.0 Å². The first kappa shape index (κ1) is 19.3. The summed E-state index contributed by atoms with van der Waals surface area (Å²) in [7, 11) is 0. The molecule has 0 aliphatic rings. The van der Waals surface area contributed by atoms with Crippen molar-refractivity contribution in [3.05, 3.63) is 101 Å². The van der Waals surface area contributed by atoms with Crippen molar-refractivity contribution in [2.24, 2.45) is 5.10 Å². The van der Waals surface area contributed by atoms with Crippen molar-refractivity contribution in [1.82, 2.24) is 5.43 Å². The summed E-state index contributed by atoms with van der Waals surface area (Å²) in [6.45, 7) is 1.78. The lowest BCUT2D eigenvalue weighted by atomic mass is 10.1. The Morgan fingerprint density at radius 1 is 0.786 bits per heavy atom. The molecule has 0 unspecified atom stereocenters. The summed E-state index contributed by atoms with van der Waals surface area (Å²) in [6, 6.07) is 22.8. The Balaban J connectivity index is 1.70. The van der Waals surface area contributed by atoms with E-state index in [0.717, 1.165) is 5.56 Å². The van der Waals surface area contributed by atoms with Gasteiger partial charge in [-0.15, -0.1) is 0 Å². The first-order valence-electron chi connectivity index (χ1n) is 8.60. The van der Waals surface area contributed by atoms with Crippen LogP contribution in [0.25, 0.3) is 0 Å². The molecule has 140 valence electrons. The second-order valence-electron chi connectivity index (χ2n) is 6.05. The van der Waals surface area contributed by atoms with Crippen LogP contribution in [0.2, 0.25) is 5.02 Å². The average Bonchev–Trinajstić information content (AvgIpc) is 2.72. The molecule has 5 nitrogen and oxygen atoms in total. The largest absolute Gasteiger partial charge is 0.322 e. The fourth-order valence-electron chi connectivity index (χ4n) is 2.51. The third-order valence-electron chi connectivity index (χ3n) is 3.99. The zero-order valence-electron chi connectivity index (χ0n) is 15.1. The van der Waals surface area contributed by atoms with Crippen molar-refractivity contribution >= 4 is 34.8 Å². The van der Waals surface area contributed by atoms with Crippen LogP contribution in [0.1, 0.15) is 33.2 Å². The maximum atomic E-state index is 12.4. The number of hydrogen-bond donors (Lipinski definition) is 2. The highest BCUT2D eigenvalue weighted by atomic mass is 35.5. The van der Waals surface area contributed by atoms with E-state index in [9.17, 15) is 9.59 Å². The molecule has 3 aromatic rings. The highest BCUT2D eigenvalue weighted by Crippen LogP contribution is 2.15. The lowest BCUT2D eigenvalue weighted by Crippen LogP contribution is -2.19. The third-order valence-corrected chi connectivity index (χ3v) is 4.22. The molecule has 0 fully saturated rings. The number of rotatable bonds is 5. The van der Waals surface area contributed by atoms with Crippen LogP contribution in [0.4, 0.5) is 5.69 Å². The van der Waals surface area contributed by atoms with Gasteiger partial charge in [-0.1, -0.05) is 48.0 Å². The second kappa shape index (κ2) is 8.97. The molecule has 6 heteroatoms. The molecule has 28 heavy (non-hydrogen) atoms. The number of halogens is 1. The van der Waals surface area contributed by atoms with E-state index in [-0.39, 0.29) is 11.8 Å². The zero-order valence-corrected chi connectivity index (χ0v) is 15.9. The minimum Gasteiger partial charge on any atom is -0.322 e. The van der Waals surface area contributed by atoms with Crippen LogP contribution in [0, 0.1) is 0 Å². The van der Waals surface area contributed by atoms with Gasteiger partial charge in [0.1, 0.15) is 0 Å². The predicted octanol–water partition coefficient (Wildman–Crippen LogP) is 4.75. The molecule has 0 aliphatic heterocycles. The van der Waals surface area contributed by atoms with Crippen molar-refractivity contribution in [3.8, 4) is 0 Å². The molecule has 3 rings (SSSR count). The topological polar surface area (TPSA) is 70.6 Å². The van der Waals surface area contributed by atoms with E-state index in [0.29, 0.717) is 27.5 Å². The van der Waals surface area contributed by atoms with Gasteiger partial charge in [-0.2, -0.15) is 5.10 Å². The van der Waals surface area contributed by atoms with Gasteiger partial charge in [0.05, 0.1) is 5.71 Å². The molecule has 0 spiro atoms. The van der Waals surface area contributed by atoms with Crippen molar-refractivity contribution < 1.29 is 9.59 Å². The number of hydrazone groups is 1. The van der Waals surface area contributed by atoms with Gasteiger partial charge in [-0.3, -0.25) is 9.59 Å². The number of carbonyl (C=O) groups excluding carboxylic acids is 2. The van der Waals surface area contributed by atoms with Crippen molar-refractivity contribution in [1.29, 1.82) is 0 Å². The van der Waals surface area contributed by atoms with Crippen LogP contribution < -0.4 is 10.7 Å². The molecule has 0 aromatic heterocycles. The Labute approximate surface area is 168 Å². The molecular formula is C22H18ClN3O2. The molecule has 0 saturated heterocycles. The number of nitrogens with zero attached hydrogens (tertiary/aromatic N) is 1. The van der Waals surface area contributed by atoms with Crippen LogP contribution in [0.15, 0.2) is 84.0 Å². The number of benzene rings is 3. The van der Waals surface area contributed by atoms with Gasteiger partial charge in [0, 0.05) is 21.8 Å². The summed E-state index contributed by atoms with van der Waals surface area (Å²) in [5.41, 5.74) is 5.54. The first-order chi connectivity index (χ1) is 13.5. The molecule has 0 heterocycles. The molecular weight excluding hydrogens is 374 g/mol. The number of nitrogens with one attached hydrogen (secondary N) is 2. The summed E-state index contributed by atoms with van der Waals surface area (Å²) in [6.07, 6.45) is 0. The molecule has 0 saturated carbocycles. The lowest BCUT2D eigenvalue weighted by molar-refractivity contribution is 0.0954. The van der Waals surface area contributed by atoms with Gasteiger partial charge in [0.2, 0.25) is 0 Å². The highest BCUT2D eigenvalue weighted by Gasteiger charge is 2.08. The molecule has 0 atom stereocenters. The molecule has 3 aromatic carbocycles. The Kier molecular flexibility index (Phi) is 6.19. The number of carbonyl (C=O) groups is 2. The minimum atomic E-state index is -0.287. The SMILES string of the molecule is C/C(=N/NC(=O)c1ccccc1)c1cccc(NC(=O)c2cccc(Cl)c2)c1. The molecule has 2 N–H and O–H groups in total. The smallest absolute Gasteiger partial charge is 0.271 e. The average molecular weight is 392 g/mol. The van der Waals surface area contributed by atoms with Gasteiger partial charge in [0.25, 0.3) is 11.8 Å². The lowest BCUT2D eigenvalue weighted by Gasteiger charge is -2.08. The fraction of sp³-hybridized carbons (Fsp3) is 0.0455. The summed E-state index contributed by atoms with van der Waals surface area (Å²) >= 11 is 5.93. The van der Waals surface area contributed by atoms with Crippen LogP contribution >= 0.6 is 11.6 Å². The molecule has 2 amide bonds. The van der Waals surface area contributed by atoms with Crippen molar-refractivity contribution in [2.75, 3.05) is 5.32 Å². The van der Waals surface area contributed by atoms with Crippen LogP contribution in [-0.2, 0) is 0 Å². The summed E-state index contributed by atoms with van der Waals surface area (Å²) in [5, 5.41) is 7.48. The second-order valence-corrected chi connectivity index (χ2v) is 6.49. The van der Waals surface area contributed by atoms with E-state index in [1.807, 2.05) is 12.1 Å². The number of anilines is 1. The molecule has 0 bridgehead atoms. The Morgan fingerprint density at radius 2 is 1.46 bits per heavy atom. The van der Waals surface area contributed by atoms with Gasteiger partial charge in [-0.25, -0.2) is 5.43 Å². The van der Waals surface area contributed by atoms with E-state index in [1.165, 1.54) is 0 Å². The van der Waals surface area contributed by atoms with Crippen molar-refractivity contribution in [3.63, 3.8) is 0 Å². The minimum absolute atomic E-state index is 0.258. The van der Waals surface area contributed by atoms with Crippen LogP contribution in [-0.4, -0.2) is 17.5 Å². The third kappa shape index (κ3) is 5.05. The normalized spacial score (nSPS) is 11.0. The Bertz CT molecular complexity index is 1030. The van der Waals surface area contributed by atoms with Crippen LogP contribution in [0.5, 0.6) is 0 Å². The van der Waals surface area contributed by atoms with Crippen LogP contribution in [0.3, 0.4) is 0 Å². The summed E-state index contributed by atoms with van der Waals surface area (Å²) < 4.78 is 0. The molecule has 0 radical (unpaired) electrons. The highest BCUT2D eigenvalue weighted by molar-refractivity contribution is 6.31. The monoisotopic (exact) mass is 391 g/mol. The van der Waals surface area contributed by atoms with E-state index in [4.69, 9.17) is 11.6 Å². The predicted molar refractivity (Wildman–Crippen MR) is 112 cm³/mol. The summed E-state index contributed by atoms with van der Waals surface area (Å²) in [4.78, 5) is 24.5. The van der Waals surface area contributed by atoms with Gasteiger partial charge in [0.15, 0.2) is 0 Å². The van der Waals surface area contributed by atoms with E-state index in [1.54, 1.807) is 73.7 Å². The maximum absolute atomic E-state index is 12.4. The van der Waals surface area contributed by atoms with E-state index < -0.39 is 0 Å².